The van der Waals surface area contributed by atoms with E-state index in [0.29, 0.717) is 36.8 Å². The van der Waals surface area contributed by atoms with Gasteiger partial charge in [0, 0.05) is 31.9 Å². The minimum absolute atomic E-state index is 0.0668. The lowest BCUT2D eigenvalue weighted by molar-refractivity contribution is -0.121. The van der Waals surface area contributed by atoms with Gasteiger partial charge in [-0.3, -0.25) is 14.5 Å². The number of amides is 2. The number of carbonyl (C=O) groups excluding carboxylic acids is 2. The lowest BCUT2D eigenvalue weighted by Gasteiger charge is -2.30. The van der Waals surface area contributed by atoms with Crippen molar-refractivity contribution < 1.29 is 9.59 Å². The van der Waals surface area contributed by atoms with Crippen LogP contribution in [0.1, 0.15) is 33.9 Å². The van der Waals surface area contributed by atoms with Crippen LogP contribution in [0.2, 0.25) is 5.02 Å². The molecule has 3 aromatic rings. The number of hydrogen-bond acceptors (Lipinski definition) is 3. The van der Waals surface area contributed by atoms with Crippen molar-refractivity contribution >= 4 is 29.1 Å². The van der Waals surface area contributed by atoms with Crippen molar-refractivity contribution in [2.75, 3.05) is 31.5 Å². The highest BCUT2D eigenvalue weighted by molar-refractivity contribution is 6.33. The highest BCUT2D eigenvalue weighted by atomic mass is 35.5. The molecule has 33 heavy (non-hydrogen) atoms. The van der Waals surface area contributed by atoms with E-state index in [1.807, 2.05) is 78.6 Å². The summed E-state index contributed by atoms with van der Waals surface area (Å²) in [5, 5.41) is 3.54. The minimum atomic E-state index is -0.442. The molecule has 1 heterocycles. The van der Waals surface area contributed by atoms with Crippen molar-refractivity contribution in [3.63, 3.8) is 0 Å². The van der Waals surface area contributed by atoms with E-state index in [-0.39, 0.29) is 11.8 Å². The van der Waals surface area contributed by atoms with Gasteiger partial charge < -0.3 is 10.2 Å². The summed E-state index contributed by atoms with van der Waals surface area (Å²) in [7, 11) is 0. The molecule has 0 radical (unpaired) electrons. The Balaban J connectivity index is 1.52. The predicted octanol–water partition coefficient (Wildman–Crippen LogP) is 5.18. The fourth-order valence-electron chi connectivity index (χ4n) is 4.21. The van der Waals surface area contributed by atoms with Crippen molar-refractivity contribution in [2.45, 2.75) is 19.4 Å². The molecule has 1 fully saturated rings. The zero-order chi connectivity index (χ0) is 23.2. The summed E-state index contributed by atoms with van der Waals surface area (Å²) < 4.78 is 0. The topological polar surface area (TPSA) is 52.7 Å². The second-order valence-corrected chi connectivity index (χ2v) is 8.74. The molecule has 0 aromatic heterocycles. The Bertz CT molecular complexity index is 1100. The Morgan fingerprint density at radius 2 is 1.55 bits per heavy atom. The molecule has 170 valence electrons. The average molecular weight is 462 g/mol. The number of nitrogens with one attached hydrogen (secondary N) is 1. The molecule has 4 rings (SSSR count). The first-order valence-electron chi connectivity index (χ1n) is 11.2. The molecule has 0 aliphatic carbocycles. The highest BCUT2D eigenvalue weighted by Gasteiger charge is 2.30. The van der Waals surface area contributed by atoms with Crippen molar-refractivity contribution in [1.29, 1.82) is 0 Å². The zero-order valence-electron chi connectivity index (χ0n) is 18.7. The maximum atomic E-state index is 13.4. The molecule has 1 atom stereocenters. The summed E-state index contributed by atoms with van der Waals surface area (Å²) in [5.74, 6) is -0.140. The third-order valence-corrected chi connectivity index (χ3v) is 6.30. The normalized spacial score (nSPS) is 15.5. The molecule has 0 saturated carbocycles. The van der Waals surface area contributed by atoms with Gasteiger partial charge in [-0.15, -0.1) is 0 Å². The number of aryl methyl sites for hydroxylation is 1. The largest absolute Gasteiger partial charge is 0.337 e. The van der Waals surface area contributed by atoms with Crippen LogP contribution >= 0.6 is 11.6 Å². The first-order chi connectivity index (χ1) is 16.0. The summed E-state index contributed by atoms with van der Waals surface area (Å²) in [6.07, 6.45) is 0.775. The van der Waals surface area contributed by atoms with Crippen LogP contribution in [0.4, 0.5) is 5.69 Å². The number of rotatable bonds is 5. The second kappa shape index (κ2) is 10.6. The van der Waals surface area contributed by atoms with Crippen LogP contribution in [0.25, 0.3) is 0 Å². The molecule has 6 heteroatoms. The minimum Gasteiger partial charge on any atom is -0.337 e. The SMILES string of the molecule is Cc1ccc(NC(=O)C(c2ccccc2)N2CCCN(C(=O)c3ccccc3Cl)CC2)cc1. The standard InChI is InChI=1S/C27H28ClN3O2/c1-20-12-14-22(15-13-20)29-26(32)25(21-8-3-2-4-9-21)30-16-7-17-31(19-18-30)27(33)23-10-5-6-11-24(23)28/h2-6,8-15,25H,7,16-19H2,1H3,(H,29,32). The molecule has 2 amide bonds. The number of carbonyl (C=O) groups is 2. The summed E-state index contributed by atoms with van der Waals surface area (Å²) in [6.45, 7) is 4.49. The third kappa shape index (κ3) is 5.62. The fraction of sp³-hybridized carbons (Fsp3) is 0.259. The van der Waals surface area contributed by atoms with Crippen LogP contribution in [0.5, 0.6) is 0 Å². The average Bonchev–Trinajstić information content (AvgIpc) is 3.07. The van der Waals surface area contributed by atoms with Crippen molar-refractivity contribution in [3.8, 4) is 0 Å². The van der Waals surface area contributed by atoms with Crippen LogP contribution in [0.15, 0.2) is 78.9 Å². The Morgan fingerprint density at radius 1 is 0.848 bits per heavy atom. The molecule has 1 aliphatic rings. The molecule has 1 unspecified atom stereocenters. The van der Waals surface area contributed by atoms with Gasteiger partial charge in [0.25, 0.3) is 5.91 Å². The van der Waals surface area contributed by atoms with Gasteiger partial charge in [0.15, 0.2) is 0 Å². The van der Waals surface area contributed by atoms with Gasteiger partial charge in [-0.2, -0.15) is 0 Å². The van der Waals surface area contributed by atoms with E-state index in [1.54, 1.807) is 12.1 Å². The van der Waals surface area contributed by atoms with E-state index in [9.17, 15) is 9.59 Å². The smallest absolute Gasteiger partial charge is 0.255 e. The predicted molar refractivity (Wildman–Crippen MR) is 133 cm³/mol. The van der Waals surface area contributed by atoms with Gasteiger partial charge in [0.05, 0.1) is 10.6 Å². The molecule has 1 aliphatic heterocycles. The maximum Gasteiger partial charge on any atom is 0.255 e. The Labute approximate surface area is 200 Å². The van der Waals surface area contributed by atoms with Crippen LogP contribution in [-0.2, 0) is 4.79 Å². The van der Waals surface area contributed by atoms with Crippen LogP contribution in [0.3, 0.4) is 0 Å². The first-order valence-corrected chi connectivity index (χ1v) is 11.6. The van der Waals surface area contributed by atoms with E-state index in [0.717, 1.165) is 23.2 Å². The van der Waals surface area contributed by atoms with E-state index >= 15 is 0 Å². The Kier molecular flexibility index (Phi) is 7.43. The lowest BCUT2D eigenvalue weighted by atomic mass is 10.0. The zero-order valence-corrected chi connectivity index (χ0v) is 19.5. The van der Waals surface area contributed by atoms with E-state index in [4.69, 9.17) is 11.6 Å². The molecular formula is C27H28ClN3O2. The summed E-state index contributed by atoms with van der Waals surface area (Å²) >= 11 is 6.26. The van der Waals surface area contributed by atoms with E-state index in [1.165, 1.54) is 0 Å². The third-order valence-electron chi connectivity index (χ3n) is 5.97. The Hall–Kier alpha value is -3.15. The highest BCUT2D eigenvalue weighted by Crippen LogP contribution is 2.25. The van der Waals surface area contributed by atoms with Gasteiger partial charge in [-0.25, -0.2) is 0 Å². The molecule has 1 saturated heterocycles. The quantitative estimate of drug-likeness (QED) is 0.569. The Morgan fingerprint density at radius 3 is 2.27 bits per heavy atom. The van der Waals surface area contributed by atoms with Crippen LogP contribution in [0, 0.1) is 6.92 Å². The number of hydrogen-bond donors (Lipinski definition) is 1. The summed E-state index contributed by atoms with van der Waals surface area (Å²) in [5.41, 5.74) is 3.37. The molecule has 5 nitrogen and oxygen atoms in total. The fourth-order valence-corrected chi connectivity index (χ4v) is 4.43. The molecular weight excluding hydrogens is 434 g/mol. The van der Waals surface area contributed by atoms with Gasteiger partial charge >= 0.3 is 0 Å². The van der Waals surface area contributed by atoms with Crippen LogP contribution < -0.4 is 5.32 Å². The van der Waals surface area contributed by atoms with Crippen molar-refractivity contribution in [3.05, 3.63) is 101 Å². The number of anilines is 1. The monoisotopic (exact) mass is 461 g/mol. The molecule has 1 N–H and O–H groups in total. The van der Waals surface area contributed by atoms with E-state index in [2.05, 4.69) is 10.2 Å². The van der Waals surface area contributed by atoms with Crippen LogP contribution in [-0.4, -0.2) is 47.8 Å². The lowest BCUT2D eigenvalue weighted by Crippen LogP contribution is -2.40. The van der Waals surface area contributed by atoms with Gasteiger partial charge in [0.1, 0.15) is 6.04 Å². The molecule has 3 aromatic carbocycles. The number of nitrogens with zero attached hydrogens (tertiary/aromatic N) is 2. The molecule has 0 spiro atoms. The second-order valence-electron chi connectivity index (χ2n) is 8.33. The first kappa shape index (κ1) is 23.0. The van der Waals surface area contributed by atoms with Gasteiger partial charge in [-0.1, -0.05) is 71.8 Å². The number of benzene rings is 3. The van der Waals surface area contributed by atoms with E-state index < -0.39 is 6.04 Å². The van der Waals surface area contributed by atoms with Crippen molar-refractivity contribution in [1.82, 2.24) is 9.80 Å². The van der Waals surface area contributed by atoms with Crippen molar-refractivity contribution in [2.24, 2.45) is 0 Å². The maximum absolute atomic E-state index is 13.4. The summed E-state index contributed by atoms with van der Waals surface area (Å²) in [4.78, 5) is 30.5. The summed E-state index contributed by atoms with van der Waals surface area (Å²) in [6, 6.07) is 24.3. The molecule has 0 bridgehead atoms. The number of halogens is 1. The van der Waals surface area contributed by atoms with Gasteiger partial charge in [-0.05, 0) is 43.2 Å². The van der Waals surface area contributed by atoms with Gasteiger partial charge in [0.2, 0.25) is 5.91 Å².